The van der Waals surface area contributed by atoms with Crippen LogP contribution in [-0.4, -0.2) is 43.2 Å². The number of amides is 1. The number of thiophene rings is 1. The highest BCUT2D eigenvalue weighted by molar-refractivity contribution is 9.11. The quantitative estimate of drug-likeness (QED) is 0.731. The number of ether oxygens (including phenoxy) is 2. The van der Waals surface area contributed by atoms with Gasteiger partial charge in [-0.2, -0.15) is 0 Å². The zero-order valence-corrected chi connectivity index (χ0v) is 15.3. The Labute approximate surface area is 153 Å². The molecule has 6 heteroatoms. The summed E-state index contributed by atoms with van der Waals surface area (Å²) >= 11 is 4.83. The first-order chi connectivity index (χ1) is 11.7. The summed E-state index contributed by atoms with van der Waals surface area (Å²) in [4.78, 5) is 15.1. The van der Waals surface area contributed by atoms with Crippen LogP contribution < -0.4 is 4.74 Å². The van der Waals surface area contributed by atoms with E-state index >= 15 is 0 Å². The van der Waals surface area contributed by atoms with Crippen LogP contribution in [0.4, 0.5) is 0 Å². The first-order valence-corrected chi connectivity index (χ1v) is 9.12. The van der Waals surface area contributed by atoms with E-state index in [-0.39, 0.29) is 12.0 Å². The molecule has 2 heterocycles. The standard InChI is InChI=1S/C18H16BrNO3S/c1-2-13-4-3-5-14(10-13)23-12-15-11-20(8-9-22-15)18(21)16-6-7-17(19)24-16/h1,3-7,10,15H,8-9,11-12H2. The molecule has 24 heavy (non-hydrogen) atoms. The molecule has 0 N–H and O–H groups in total. The molecule has 4 nitrogen and oxygen atoms in total. The summed E-state index contributed by atoms with van der Waals surface area (Å²) < 4.78 is 12.4. The van der Waals surface area contributed by atoms with Gasteiger partial charge in [0, 0.05) is 12.1 Å². The van der Waals surface area contributed by atoms with Crippen LogP contribution in [0.5, 0.6) is 5.75 Å². The van der Waals surface area contributed by atoms with Crippen LogP contribution in [0.3, 0.4) is 0 Å². The smallest absolute Gasteiger partial charge is 0.264 e. The van der Waals surface area contributed by atoms with Crippen molar-refractivity contribution in [2.75, 3.05) is 26.3 Å². The number of halogens is 1. The van der Waals surface area contributed by atoms with Gasteiger partial charge in [0.25, 0.3) is 5.91 Å². The molecule has 1 unspecified atom stereocenters. The molecule has 1 fully saturated rings. The molecule has 1 aliphatic rings. The first-order valence-electron chi connectivity index (χ1n) is 7.51. The monoisotopic (exact) mass is 405 g/mol. The van der Waals surface area contributed by atoms with Gasteiger partial charge in [-0.3, -0.25) is 4.79 Å². The lowest BCUT2D eigenvalue weighted by molar-refractivity contribution is -0.0400. The molecule has 2 aromatic rings. The number of carbonyl (C=O) groups is 1. The minimum Gasteiger partial charge on any atom is -0.491 e. The molecule has 0 saturated carbocycles. The Bertz CT molecular complexity index is 768. The van der Waals surface area contributed by atoms with Crippen LogP contribution in [0.1, 0.15) is 15.2 Å². The van der Waals surface area contributed by atoms with Crippen molar-refractivity contribution in [2.24, 2.45) is 0 Å². The maximum atomic E-state index is 12.5. The van der Waals surface area contributed by atoms with Crippen LogP contribution in [0, 0.1) is 12.3 Å². The van der Waals surface area contributed by atoms with E-state index in [1.165, 1.54) is 11.3 Å². The van der Waals surface area contributed by atoms with Crippen molar-refractivity contribution in [3.63, 3.8) is 0 Å². The fraction of sp³-hybridized carbons (Fsp3) is 0.278. The number of benzene rings is 1. The molecule has 0 radical (unpaired) electrons. The maximum absolute atomic E-state index is 12.5. The second-order valence-electron chi connectivity index (χ2n) is 5.33. The molecule has 0 spiro atoms. The van der Waals surface area contributed by atoms with Gasteiger partial charge in [0.05, 0.1) is 21.8 Å². The topological polar surface area (TPSA) is 38.8 Å². The van der Waals surface area contributed by atoms with Crippen molar-refractivity contribution in [1.29, 1.82) is 0 Å². The molecule has 0 bridgehead atoms. The highest BCUT2D eigenvalue weighted by atomic mass is 79.9. The van der Waals surface area contributed by atoms with E-state index in [1.807, 2.05) is 41.3 Å². The van der Waals surface area contributed by atoms with Crippen molar-refractivity contribution in [1.82, 2.24) is 4.90 Å². The van der Waals surface area contributed by atoms with Gasteiger partial charge in [-0.1, -0.05) is 12.0 Å². The highest BCUT2D eigenvalue weighted by Gasteiger charge is 2.26. The third kappa shape index (κ3) is 4.18. The molecule has 0 aliphatic carbocycles. The van der Waals surface area contributed by atoms with E-state index in [4.69, 9.17) is 15.9 Å². The lowest BCUT2D eigenvalue weighted by Crippen LogP contribution is -2.47. The predicted octanol–water partition coefficient (Wildman–Crippen LogP) is 3.41. The van der Waals surface area contributed by atoms with Gasteiger partial charge >= 0.3 is 0 Å². The van der Waals surface area contributed by atoms with Crippen molar-refractivity contribution < 1.29 is 14.3 Å². The summed E-state index contributed by atoms with van der Waals surface area (Å²) in [5.41, 5.74) is 0.775. The Hall–Kier alpha value is -1.81. The average molecular weight is 406 g/mol. The lowest BCUT2D eigenvalue weighted by Gasteiger charge is -2.32. The second kappa shape index (κ2) is 7.84. The van der Waals surface area contributed by atoms with E-state index < -0.39 is 0 Å². The summed E-state index contributed by atoms with van der Waals surface area (Å²) in [6, 6.07) is 11.1. The van der Waals surface area contributed by atoms with Gasteiger partial charge in [-0.25, -0.2) is 0 Å². The molecule has 3 rings (SSSR count). The Morgan fingerprint density at radius 1 is 1.46 bits per heavy atom. The third-order valence-electron chi connectivity index (χ3n) is 3.65. The molecule has 1 amide bonds. The zero-order chi connectivity index (χ0) is 16.9. The van der Waals surface area contributed by atoms with Gasteiger partial charge in [0.1, 0.15) is 18.5 Å². The largest absolute Gasteiger partial charge is 0.491 e. The molecular formula is C18H16BrNO3S. The summed E-state index contributed by atoms with van der Waals surface area (Å²) in [7, 11) is 0. The summed E-state index contributed by atoms with van der Waals surface area (Å²) in [6.07, 6.45) is 5.24. The van der Waals surface area contributed by atoms with Gasteiger partial charge in [0.15, 0.2) is 0 Å². The normalized spacial score (nSPS) is 17.3. The number of hydrogen-bond donors (Lipinski definition) is 0. The molecule has 124 valence electrons. The van der Waals surface area contributed by atoms with E-state index in [9.17, 15) is 4.79 Å². The van der Waals surface area contributed by atoms with Crippen LogP contribution in [0.25, 0.3) is 0 Å². The first kappa shape index (κ1) is 17.0. The molecule has 1 aliphatic heterocycles. The van der Waals surface area contributed by atoms with Gasteiger partial charge in [-0.15, -0.1) is 17.8 Å². The van der Waals surface area contributed by atoms with Crippen LogP contribution >= 0.6 is 27.3 Å². The van der Waals surface area contributed by atoms with Crippen molar-refractivity contribution in [3.05, 3.63) is 50.6 Å². The number of hydrogen-bond acceptors (Lipinski definition) is 4. The maximum Gasteiger partial charge on any atom is 0.264 e. The van der Waals surface area contributed by atoms with Crippen LogP contribution in [-0.2, 0) is 4.74 Å². The SMILES string of the molecule is C#Cc1cccc(OCC2CN(C(=O)c3ccc(Br)s3)CCO2)c1. The van der Waals surface area contributed by atoms with Crippen molar-refractivity contribution in [2.45, 2.75) is 6.10 Å². The van der Waals surface area contributed by atoms with E-state index in [0.29, 0.717) is 32.1 Å². The molecule has 1 atom stereocenters. The van der Waals surface area contributed by atoms with Gasteiger partial charge in [0.2, 0.25) is 0 Å². The zero-order valence-electron chi connectivity index (χ0n) is 12.9. The summed E-state index contributed by atoms with van der Waals surface area (Å²) in [6.45, 7) is 2.00. The van der Waals surface area contributed by atoms with E-state index in [1.54, 1.807) is 0 Å². The molecular weight excluding hydrogens is 390 g/mol. The molecule has 1 saturated heterocycles. The fourth-order valence-electron chi connectivity index (χ4n) is 2.45. The van der Waals surface area contributed by atoms with Crippen LogP contribution in [0.2, 0.25) is 0 Å². The second-order valence-corrected chi connectivity index (χ2v) is 7.79. The Morgan fingerprint density at radius 3 is 3.08 bits per heavy atom. The number of morpholine rings is 1. The Kier molecular flexibility index (Phi) is 5.56. The summed E-state index contributed by atoms with van der Waals surface area (Å²) in [5, 5.41) is 0. The van der Waals surface area contributed by atoms with E-state index in [2.05, 4.69) is 21.9 Å². The van der Waals surface area contributed by atoms with Gasteiger partial charge < -0.3 is 14.4 Å². The molecule has 1 aromatic heterocycles. The van der Waals surface area contributed by atoms with E-state index in [0.717, 1.165) is 14.2 Å². The minimum absolute atomic E-state index is 0.0355. The van der Waals surface area contributed by atoms with Crippen LogP contribution in [0.15, 0.2) is 40.2 Å². The molecule has 1 aromatic carbocycles. The fourth-order valence-corrected chi connectivity index (χ4v) is 3.81. The lowest BCUT2D eigenvalue weighted by atomic mass is 10.2. The number of carbonyl (C=O) groups excluding carboxylic acids is 1. The Morgan fingerprint density at radius 2 is 2.33 bits per heavy atom. The number of rotatable bonds is 4. The van der Waals surface area contributed by atoms with Crippen molar-refractivity contribution in [3.8, 4) is 18.1 Å². The average Bonchev–Trinajstić information content (AvgIpc) is 3.06. The highest BCUT2D eigenvalue weighted by Crippen LogP contribution is 2.24. The number of nitrogens with zero attached hydrogens (tertiary/aromatic N) is 1. The third-order valence-corrected chi connectivity index (χ3v) is 5.26. The Balaban J connectivity index is 1.57. The number of terminal acetylenes is 1. The predicted molar refractivity (Wildman–Crippen MR) is 97.5 cm³/mol. The summed E-state index contributed by atoms with van der Waals surface area (Å²) in [5.74, 6) is 3.32. The van der Waals surface area contributed by atoms with Gasteiger partial charge in [-0.05, 0) is 46.3 Å². The minimum atomic E-state index is -0.152. The van der Waals surface area contributed by atoms with Crippen molar-refractivity contribution >= 4 is 33.2 Å².